The van der Waals surface area contributed by atoms with E-state index in [1.165, 1.54) is 0 Å². The van der Waals surface area contributed by atoms with Crippen LogP contribution in [0.15, 0.2) is 28.7 Å². The Bertz CT molecular complexity index is 537. The Kier molecular flexibility index (Phi) is 4.38. The molecule has 1 aromatic carbocycles. The maximum Gasteiger partial charge on any atom is 0.146 e. The van der Waals surface area contributed by atoms with E-state index in [-0.39, 0.29) is 0 Å². The van der Waals surface area contributed by atoms with Gasteiger partial charge in [0.15, 0.2) is 0 Å². The molecule has 0 unspecified atom stereocenters. The zero-order valence-electron chi connectivity index (χ0n) is 9.04. The predicted molar refractivity (Wildman–Crippen MR) is 81.4 cm³/mol. The Balaban J connectivity index is 2.31. The first-order valence-electron chi connectivity index (χ1n) is 4.99. The van der Waals surface area contributed by atoms with E-state index in [9.17, 15) is 0 Å². The van der Waals surface area contributed by atoms with Gasteiger partial charge in [0, 0.05) is 10.9 Å². The van der Waals surface area contributed by atoms with Gasteiger partial charge in [-0.25, -0.2) is 9.97 Å². The fraction of sp³-hybridized carbons (Fsp3) is 0.167. The third-order valence-electron chi connectivity index (χ3n) is 2.27. The predicted octanol–water partition coefficient (Wildman–Crippen LogP) is 4.40. The lowest BCUT2D eigenvalue weighted by Crippen LogP contribution is -2.01. The molecule has 0 fully saturated rings. The topological polar surface area (TPSA) is 25.8 Å². The summed E-state index contributed by atoms with van der Waals surface area (Å²) in [5, 5.41) is 0.531. The highest BCUT2D eigenvalue weighted by atomic mass is 127. The molecule has 17 heavy (non-hydrogen) atoms. The second kappa shape index (κ2) is 5.63. The molecule has 0 saturated carbocycles. The minimum absolute atomic E-state index is 0.531. The molecular formula is C12H9BrClIN2. The Labute approximate surface area is 127 Å². The summed E-state index contributed by atoms with van der Waals surface area (Å²) in [5.41, 5.74) is 2.09. The SMILES string of the molecule is Cc1nc(Cc2cccc(Br)c2)nc(Cl)c1I. The van der Waals surface area contributed by atoms with Crippen molar-refractivity contribution in [3.8, 4) is 0 Å². The van der Waals surface area contributed by atoms with Gasteiger partial charge in [0.1, 0.15) is 11.0 Å². The van der Waals surface area contributed by atoms with Gasteiger partial charge in [0.25, 0.3) is 0 Å². The van der Waals surface area contributed by atoms with E-state index in [1.54, 1.807) is 0 Å². The summed E-state index contributed by atoms with van der Waals surface area (Å²) >= 11 is 11.7. The van der Waals surface area contributed by atoms with E-state index >= 15 is 0 Å². The molecule has 0 aliphatic rings. The standard InChI is InChI=1S/C12H9BrClIN2/c1-7-11(15)12(14)17-10(16-7)6-8-3-2-4-9(13)5-8/h2-5H,6H2,1H3. The molecule has 0 bridgehead atoms. The Morgan fingerprint density at radius 3 is 2.76 bits per heavy atom. The number of aromatic nitrogens is 2. The maximum absolute atomic E-state index is 6.05. The van der Waals surface area contributed by atoms with Crippen molar-refractivity contribution in [3.63, 3.8) is 0 Å². The van der Waals surface area contributed by atoms with Crippen LogP contribution in [0.4, 0.5) is 0 Å². The van der Waals surface area contributed by atoms with Crippen LogP contribution in [0, 0.1) is 10.5 Å². The van der Waals surface area contributed by atoms with Gasteiger partial charge in [-0.15, -0.1) is 0 Å². The van der Waals surface area contributed by atoms with Crippen LogP contribution in [-0.4, -0.2) is 9.97 Å². The van der Waals surface area contributed by atoms with Crippen LogP contribution >= 0.6 is 50.1 Å². The summed E-state index contributed by atoms with van der Waals surface area (Å²) in [6.45, 7) is 1.94. The second-order valence-electron chi connectivity index (χ2n) is 3.64. The van der Waals surface area contributed by atoms with E-state index in [0.29, 0.717) is 11.6 Å². The maximum atomic E-state index is 6.05. The monoisotopic (exact) mass is 422 g/mol. The molecular weight excluding hydrogens is 414 g/mol. The summed E-state index contributed by atoms with van der Waals surface area (Å²) in [5.74, 6) is 0.756. The van der Waals surface area contributed by atoms with Crippen LogP contribution in [-0.2, 0) is 6.42 Å². The highest BCUT2D eigenvalue weighted by Crippen LogP contribution is 2.20. The first-order valence-corrected chi connectivity index (χ1v) is 7.24. The fourth-order valence-corrected chi connectivity index (χ4v) is 2.41. The molecule has 0 saturated heterocycles. The average molecular weight is 423 g/mol. The molecule has 1 aromatic heterocycles. The van der Waals surface area contributed by atoms with Gasteiger partial charge in [-0.3, -0.25) is 0 Å². The number of aryl methyl sites for hydroxylation is 1. The molecule has 0 spiro atoms. The highest BCUT2D eigenvalue weighted by molar-refractivity contribution is 14.1. The zero-order chi connectivity index (χ0) is 12.4. The summed E-state index contributed by atoms with van der Waals surface area (Å²) < 4.78 is 1.98. The van der Waals surface area contributed by atoms with Crippen LogP contribution in [0.5, 0.6) is 0 Å². The van der Waals surface area contributed by atoms with Crippen molar-refractivity contribution < 1.29 is 0 Å². The number of halogens is 3. The number of nitrogens with zero attached hydrogens (tertiary/aromatic N) is 2. The Morgan fingerprint density at radius 2 is 2.12 bits per heavy atom. The molecule has 2 nitrogen and oxygen atoms in total. The normalized spacial score (nSPS) is 10.6. The first kappa shape index (κ1) is 13.2. The van der Waals surface area contributed by atoms with Crippen molar-refractivity contribution in [1.29, 1.82) is 0 Å². The molecule has 2 rings (SSSR count). The van der Waals surface area contributed by atoms with Crippen LogP contribution in [0.1, 0.15) is 17.1 Å². The summed E-state index contributed by atoms with van der Waals surface area (Å²) in [4.78, 5) is 8.73. The number of benzene rings is 1. The molecule has 88 valence electrons. The molecule has 0 N–H and O–H groups in total. The largest absolute Gasteiger partial charge is 0.237 e. The van der Waals surface area contributed by atoms with E-state index in [0.717, 1.165) is 25.1 Å². The number of hydrogen-bond acceptors (Lipinski definition) is 2. The van der Waals surface area contributed by atoms with E-state index in [1.807, 2.05) is 19.1 Å². The highest BCUT2D eigenvalue weighted by Gasteiger charge is 2.07. The van der Waals surface area contributed by atoms with Gasteiger partial charge in [0.05, 0.1) is 9.26 Å². The smallest absolute Gasteiger partial charge is 0.146 e. The molecule has 1 heterocycles. The van der Waals surface area contributed by atoms with Crippen molar-refractivity contribution in [2.75, 3.05) is 0 Å². The molecule has 0 atom stereocenters. The Hall–Kier alpha value is -0.200. The summed E-state index contributed by atoms with van der Waals surface area (Å²) in [7, 11) is 0. The fourth-order valence-electron chi connectivity index (χ4n) is 1.49. The van der Waals surface area contributed by atoms with Gasteiger partial charge < -0.3 is 0 Å². The molecule has 0 radical (unpaired) electrons. The third-order valence-corrected chi connectivity index (χ3v) is 4.65. The average Bonchev–Trinajstić information content (AvgIpc) is 2.26. The van der Waals surface area contributed by atoms with Crippen LogP contribution in [0.2, 0.25) is 5.15 Å². The van der Waals surface area contributed by atoms with Gasteiger partial charge in [-0.05, 0) is 47.2 Å². The number of hydrogen-bond donors (Lipinski definition) is 0. The lowest BCUT2D eigenvalue weighted by atomic mass is 10.1. The lowest BCUT2D eigenvalue weighted by Gasteiger charge is -2.05. The first-order chi connectivity index (χ1) is 8.06. The van der Waals surface area contributed by atoms with Gasteiger partial charge in [0.2, 0.25) is 0 Å². The molecule has 2 aromatic rings. The van der Waals surface area contributed by atoms with Gasteiger partial charge in [-0.1, -0.05) is 39.7 Å². The van der Waals surface area contributed by atoms with Gasteiger partial charge >= 0.3 is 0 Å². The third kappa shape index (κ3) is 3.39. The van der Waals surface area contributed by atoms with Crippen molar-refractivity contribution in [2.24, 2.45) is 0 Å². The minimum Gasteiger partial charge on any atom is -0.237 e. The van der Waals surface area contributed by atoms with E-state index in [2.05, 4.69) is 60.6 Å². The molecule has 0 aliphatic heterocycles. The lowest BCUT2D eigenvalue weighted by molar-refractivity contribution is 0.933. The molecule has 0 aliphatic carbocycles. The molecule has 0 amide bonds. The van der Waals surface area contributed by atoms with Crippen molar-refractivity contribution in [1.82, 2.24) is 9.97 Å². The second-order valence-corrected chi connectivity index (χ2v) is 5.99. The molecule has 5 heteroatoms. The van der Waals surface area contributed by atoms with Crippen molar-refractivity contribution >= 4 is 50.1 Å². The van der Waals surface area contributed by atoms with Crippen molar-refractivity contribution in [2.45, 2.75) is 13.3 Å². The zero-order valence-corrected chi connectivity index (χ0v) is 13.5. The Morgan fingerprint density at radius 1 is 1.35 bits per heavy atom. The van der Waals surface area contributed by atoms with E-state index < -0.39 is 0 Å². The summed E-state index contributed by atoms with van der Waals surface area (Å²) in [6.07, 6.45) is 0.691. The minimum atomic E-state index is 0.531. The van der Waals surface area contributed by atoms with Crippen LogP contribution in [0.25, 0.3) is 0 Å². The summed E-state index contributed by atoms with van der Waals surface area (Å²) in [6, 6.07) is 8.11. The number of rotatable bonds is 2. The van der Waals surface area contributed by atoms with Gasteiger partial charge in [-0.2, -0.15) is 0 Å². The van der Waals surface area contributed by atoms with Crippen molar-refractivity contribution in [3.05, 3.63) is 54.5 Å². The van der Waals surface area contributed by atoms with Crippen LogP contribution in [0.3, 0.4) is 0 Å². The van der Waals surface area contributed by atoms with E-state index in [4.69, 9.17) is 11.6 Å². The quantitative estimate of drug-likeness (QED) is 0.529. The van der Waals surface area contributed by atoms with Crippen LogP contribution < -0.4 is 0 Å².